The quantitative estimate of drug-likeness (QED) is 0.531. The molecule has 3 aliphatic rings. The molecule has 2 aromatic rings. The average Bonchev–Trinajstić information content (AvgIpc) is 3.44. The Balaban J connectivity index is 1.42. The van der Waals surface area contributed by atoms with Gasteiger partial charge in [-0.1, -0.05) is 18.2 Å². The fourth-order valence-corrected chi connectivity index (χ4v) is 8.51. The number of aliphatic hydroxyl groups is 1. The minimum absolute atomic E-state index is 0.137. The molecular formula is C26H34F3N3O5S2. The van der Waals surface area contributed by atoms with Crippen LogP contribution in [0.2, 0.25) is 0 Å². The molecular weight excluding hydrogens is 555 g/mol. The second-order valence-electron chi connectivity index (χ2n) is 10.6. The number of halogens is 3. The number of piperazine rings is 1. The smallest absolute Gasteiger partial charge is 0.381 e. The first-order chi connectivity index (χ1) is 18.4. The molecule has 8 nitrogen and oxygen atoms in total. The van der Waals surface area contributed by atoms with Crippen LogP contribution < -0.4 is 4.90 Å². The SMILES string of the molecule is COC1CC2COC[C@H](C1)N2C[C@H]1CN(S(=O)(=O)c2cccs2)CCN1c1ccc(C(C)(O)C(F)(F)F)cc1. The summed E-state index contributed by atoms with van der Waals surface area (Å²) >= 11 is 1.18. The standard InChI is InChI=1S/C26H34F3N3O5S2/c1-25(33,26(27,28)29)18-5-7-19(8-6-18)31-10-9-30(39(34,35)24-4-3-11-38-24)14-22(31)15-32-20-12-23(36-2)13-21(32)17-37-16-20/h3-8,11,20-23,33H,9-10,12-17H2,1-2H3/t20-,21?,22+,23?,25?/m0/s1. The summed E-state index contributed by atoms with van der Waals surface area (Å²) in [4.78, 5) is 4.46. The molecule has 0 aliphatic carbocycles. The highest BCUT2D eigenvalue weighted by molar-refractivity contribution is 7.91. The van der Waals surface area contributed by atoms with E-state index in [2.05, 4.69) is 9.80 Å². The number of fused-ring (bicyclic) bond motifs is 2. The molecule has 1 N–H and O–H groups in total. The molecule has 4 heterocycles. The van der Waals surface area contributed by atoms with Crippen LogP contribution >= 0.6 is 11.3 Å². The first-order valence-corrected chi connectivity index (χ1v) is 15.3. The van der Waals surface area contributed by atoms with Crippen LogP contribution in [-0.2, 0) is 25.1 Å². The molecule has 13 heteroatoms. The summed E-state index contributed by atoms with van der Waals surface area (Å²) < 4.78 is 80.2. The van der Waals surface area contributed by atoms with Crippen molar-refractivity contribution >= 4 is 27.0 Å². The molecule has 2 bridgehead atoms. The Morgan fingerprint density at radius 2 is 1.77 bits per heavy atom. The Morgan fingerprint density at radius 3 is 2.33 bits per heavy atom. The molecule has 3 unspecified atom stereocenters. The number of anilines is 1. The normalized spacial score (nSPS) is 28.8. The summed E-state index contributed by atoms with van der Waals surface area (Å²) in [5.41, 5.74) is -2.53. The van der Waals surface area contributed by atoms with Gasteiger partial charge < -0.3 is 19.5 Å². The number of alkyl halides is 3. The van der Waals surface area contributed by atoms with E-state index in [4.69, 9.17) is 9.47 Å². The van der Waals surface area contributed by atoms with Crippen LogP contribution in [-0.4, -0.2) is 99.6 Å². The van der Waals surface area contributed by atoms with Gasteiger partial charge in [-0.3, -0.25) is 4.90 Å². The number of rotatable bonds is 7. The Hall–Kier alpha value is -1.74. The van der Waals surface area contributed by atoms with Crippen LogP contribution in [0.25, 0.3) is 0 Å². The highest BCUT2D eigenvalue weighted by Gasteiger charge is 2.51. The van der Waals surface area contributed by atoms with Crippen molar-refractivity contribution in [2.75, 3.05) is 51.4 Å². The van der Waals surface area contributed by atoms with E-state index < -0.39 is 21.8 Å². The molecule has 3 aliphatic heterocycles. The lowest BCUT2D eigenvalue weighted by molar-refractivity contribution is -0.258. The van der Waals surface area contributed by atoms with Crippen molar-refractivity contribution in [3.8, 4) is 0 Å². The Kier molecular flexibility index (Phi) is 8.06. The number of hydrogen-bond donors (Lipinski definition) is 1. The largest absolute Gasteiger partial charge is 0.421 e. The number of benzene rings is 1. The van der Waals surface area contributed by atoms with Gasteiger partial charge in [-0.25, -0.2) is 8.42 Å². The van der Waals surface area contributed by atoms with Crippen LogP contribution in [0.3, 0.4) is 0 Å². The zero-order chi connectivity index (χ0) is 28.0. The van der Waals surface area contributed by atoms with Crippen molar-refractivity contribution in [2.45, 2.75) is 60.0 Å². The fourth-order valence-electron chi connectivity index (χ4n) is 5.89. The van der Waals surface area contributed by atoms with Gasteiger partial charge in [0.2, 0.25) is 0 Å². The topological polar surface area (TPSA) is 82.6 Å². The van der Waals surface area contributed by atoms with Crippen LogP contribution in [0, 0.1) is 0 Å². The van der Waals surface area contributed by atoms with Crippen LogP contribution in [0.4, 0.5) is 18.9 Å². The predicted molar refractivity (Wildman–Crippen MR) is 141 cm³/mol. The van der Waals surface area contributed by atoms with Crippen molar-refractivity contribution < 1.29 is 36.2 Å². The summed E-state index contributed by atoms with van der Waals surface area (Å²) in [6.07, 6.45) is -3.03. The highest BCUT2D eigenvalue weighted by Crippen LogP contribution is 2.39. The first-order valence-electron chi connectivity index (χ1n) is 13.0. The van der Waals surface area contributed by atoms with Gasteiger partial charge in [0.25, 0.3) is 10.0 Å². The maximum Gasteiger partial charge on any atom is 0.421 e. The number of piperidine rings is 1. The molecule has 1 aromatic carbocycles. The molecule has 0 saturated carbocycles. The van der Waals surface area contributed by atoms with Crippen LogP contribution in [0.15, 0.2) is 46.0 Å². The van der Waals surface area contributed by atoms with Crippen LogP contribution in [0.1, 0.15) is 25.3 Å². The Bertz CT molecular complexity index is 1210. The number of nitrogens with zero attached hydrogens (tertiary/aromatic N) is 3. The Labute approximate surface area is 231 Å². The van der Waals surface area contributed by atoms with E-state index in [0.29, 0.717) is 36.2 Å². The lowest BCUT2D eigenvalue weighted by Crippen LogP contribution is -2.64. The summed E-state index contributed by atoms with van der Waals surface area (Å²) in [5, 5.41) is 11.8. The molecule has 3 saturated heterocycles. The minimum atomic E-state index is -4.81. The third-order valence-corrected chi connectivity index (χ3v) is 11.5. The van der Waals surface area contributed by atoms with Crippen molar-refractivity contribution in [3.63, 3.8) is 0 Å². The van der Waals surface area contributed by atoms with Crippen molar-refractivity contribution in [3.05, 3.63) is 47.3 Å². The number of hydrogen-bond acceptors (Lipinski definition) is 8. The van der Waals surface area contributed by atoms with Gasteiger partial charge in [0, 0.05) is 51.1 Å². The first kappa shape index (κ1) is 28.8. The average molecular weight is 590 g/mol. The number of morpholine rings is 1. The molecule has 0 spiro atoms. The second kappa shape index (κ2) is 10.9. The van der Waals surface area contributed by atoms with E-state index >= 15 is 0 Å². The predicted octanol–water partition coefficient (Wildman–Crippen LogP) is 3.28. The summed E-state index contributed by atoms with van der Waals surface area (Å²) in [7, 11) is -1.95. The van der Waals surface area contributed by atoms with E-state index in [1.54, 1.807) is 36.8 Å². The van der Waals surface area contributed by atoms with Crippen molar-refractivity contribution in [1.29, 1.82) is 0 Å². The van der Waals surface area contributed by atoms with E-state index in [9.17, 15) is 26.7 Å². The van der Waals surface area contributed by atoms with Crippen LogP contribution in [0.5, 0.6) is 0 Å². The molecule has 216 valence electrons. The minimum Gasteiger partial charge on any atom is -0.381 e. The van der Waals surface area contributed by atoms with Gasteiger partial charge in [-0.15, -0.1) is 11.3 Å². The number of methoxy groups -OCH3 is 1. The zero-order valence-corrected chi connectivity index (χ0v) is 23.5. The van der Waals surface area contributed by atoms with Crippen molar-refractivity contribution in [1.82, 2.24) is 9.21 Å². The lowest BCUT2D eigenvalue weighted by atomic mass is 9.91. The number of thiophene rings is 1. The molecule has 1 aromatic heterocycles. The molecule has 3 fully saturated rings. The molecule has 5 atom stereocenters. The van der Waals surface area contributed by atoms with E-state index in [-0.39, 0.29) is 42.9 Å². The third-order valence-electron chi connectivity index (χ3n) is 8.23. The molecule has 39 heavy (non-hydrogen) atoms. The number of ether oxygens (including phenoxy) is 2. The number of sulfonamides is 1. The highest BCUT2D eigenvalue weighted by atomic mass is 32.2. The van der Waals surface area contributed by atoms with Gasteiger partial charge in [0.05, 0.1) is 25.4 Å². The summed E-state index contributed by atoms with van der Waals surface area (Å²) in [6.45, 7) is 3.33. The fraction of sp³-hybridized carbons (Fsp3) is 0.615. The molecule has 0 amide bonds. The van der Waals surface area contributed by atoms with Gasteiger partial charge in [-0.2, -0.15) is 17.5 Å². The zero-order valence-electron chi connectivity index (χ0n) is 21.9. The maximum absolute atomic E-state index is 13.4. The van der Waals surface area contributed by atoms with Crippen molar-refractivity contribution in [2.24, 2.45) is 0 Å². The second-order valence-corrected chi connectivity index (χ2v) is 13.7. The summed E-state index contributed by atoms with van der Waals surface area (Å²) in [5.74, 6) is 0. The molecule has 0 radical (unpaired) electrons. The van der Waals surface area contributed by atoms with Gasteiger partial charge in [0.1, 0.15) is 4.21 Å². The third kappa shape index (κ3) is 5.59. The van der Waals surface area contributed by atoms with Gasteiger partial charge in [0.15, 0.2) is 5.60 Å². The lowest BCUT2D eigenvalue weighted by Gasteiger charge is -2.51. The van der Waals surface area contributed by atoms with Gasteiger partial charge >= 0.3 is 6.18 Å². The van der Waals surface area contributed by atoms with E-state index in [1.807, 2.05) is 0 Å². The van der Waals surface area contributed by atoms with Gasteiger partial charge in [-0.05, 0) is 48.9 Å². The Morgan fingerprint density at radius 1 is 1.10 bits per heavy atom. The van der Waals surface area contributed by atoms with E-state index in [0.717, 1.165) is 19.8 Å². The monoisotopic (exact) mass is 589 g/mol. The van der Waals surface area contributed by atoms with E-state index in [1.165, 1.54) is 27.8 Å². The molecule has 5 rings (SSSR count). The maximum atomic E-state index is 13.4. The summed E-state index contributed by atoms with van der Waals surface area (Å²) in [6, 6.07) is 9.08.